The van der Waals surface area contributed by atoms with E-state index in [1.165, 1.54) is 4.90 Å². The first-order valence-corrected chi connectivity index (χ1v) is 7.13. The van der Waals surface area contributed by atoms with E-state index in [9.17, 15) is 17.8 Å². The zero-order chi connectivity index (χ0) is 14.3. The van der Waals surface area contributed by atoms with E-state index in [-0.39, 0.29) is 36.1 Å². The normalized spacial score (nSPS) is 21.1. The van der Waals surface area contributed by atoms with E-state index in [1.807, 2.05) is 0 Å². The predicted octanol–water partition coefficient (Wildman–Crippen LogP) is -3.02. The molecule has 1 saturated heterocycles. The van der Waals surface area contributed by atoms with E-state index >= 15 is 0 Å². The van der Waals surface area contributed by atoms with Crippen molar-refractivity contribution in [2.24, 2.45) is 0 Å². The topological polar surface area (TPSA) is 103 Å². The molecule has 2 aliphatic heterocycles. The minimum atomic E-state index is -5.00. The summed E-state index contributed by atoms with van der Waals surface area (Å²) in [5.41, 5.74) is 1.47. The van der Waals surface area contributed by atoms with Gasteiger partial charge in [-0.1, -0.05) is 12.1 Å². The molecule has 0 saturated carbocycles. The van der Waals surface area contributed by atoms with Crippen LogP contribution >= 0.6 is 0 Å². The zero-order valence-electron chi connectivity index (χ0n) is 11.2. The Balaban J connectivity index is 0.00000161. The van der Waals surface area contributed by atoms with Crippen LogP contribution < -0.4 is 29.6 Å². The minimum absolute atomic E-state index is 0. The average molecular weight is 319 g/mol. The van der Waals surface area contributed by atoms with Crippen LogP contribution in [0, 0.1) is 0 Å². The van der Waals surface area contributed by atoms with E-state index in [0.29, 0.717) is 17.2 Å². The molecule has 2 amide bonds. The summed E-state index contributed by atoms with van der Waals surface area (Å²) in [6.07, 6.45) is 5.01. The van der Waals surface area contributed by atoms with Crippen LogP contribution in [0.2, 0.25) is 0 Å². The SMILES string of the molecule is O=C1N2CC=C(c3cccnc3)C(C2)N1OS(=O)(=O)[O-].[Na+]. The second-order valence-electron chi connectivity index (χ2n) is 4.41. The molecule has 1 unspecified atom stereocenters. The first-order valence-electron chi connectivity index (χ1n) is 5.80. The molecule has 0 radical (unpaired) electrons. The monoisotopic (exact) mass is 319 g/mol. The Kier molecular flexibility index (Phi) is 4.71. The van der Waals surface area contributed by atoms with Gasteiger partial charge in [-0.25, -0.2) is 13.2 Å². The van der Waals surface area contributed by atoms with Crippen molar-refractivity contribution in [1.29, 1.82) is 0 Å². The summed E-state index contributed by atoms with van der Waals surface area (Å²) in [4.78, 5) is 17.3. The van der Waals surface area contributed by atoms with E-state index in [1.54, 1.807) is 30.6 Å². The van der Waals surface area contributed by atoms with Crippen molar-refractivity contribution >= 4 is 22.0 Å². The van der Waals surface area contributed by atoms with Crippen molar-refractivity contribution in [2.75, 3.05) is 13.1 Å². The van der Waals surface area contributed by atoms with Crippen LogP contribution in [0.25, 0.3) is 5.57 Å². The van der Waals surface area contributed by atoms with E-state index < -0.39 is 22.5 Å². The van der Waals surface area contributed by atoms with Crippen LogP contribution in [0.15, 0.2) is 30.6 Å². The van der Waals surface area contributed by atoms with Crippen molar-refractivity contribution < 1.29 is 51.6 Å². The number of fused-ring (bicyclic) bond motifs is 2. The van der Waals surface area contributed by atoms with Gasteiger partial charge in [0, 0.05) is 18.9 Å². The quantitative estimate of drug-likeness (QED) is 0.334. The first kappa shape index (κ1) is 16.4. The first-order chi connectivity index (χ1) is 9.46. The molecule has 3 rings (SSSR count). The Morgan fingerprint density at radius 3 is 2.81 bits per heavy atom. The number of carbonyl (C=O) groups is 1. The average Bonchev–Trinajstić information content (AvgIpc) is 2.64. The molecule has 0 aromatic carbocycles. The molecule has 10 heteroatoms. The molecular formula is C11H10N3NaO5S. The molecule has 1 atom stereocenters. The molecule has 1 fully saturated rings. The Morgan fingerprint density at radius 2 is 2.19 bits per heavy atom. The van der Waals surface area contributed by atoms with Crippen LogP contribution in [0.5, 0.6) is 0 Å². The van der Waals surface area contributed by atoms with Gasteiger partial charge in [0.05, 0.1) is 6.54 Å². The van der Waals surface area contributed by atoms with Crippen LogP contribution in [-0.2, 0) is 14.7 Å². The molecule has 0 aliphatic carbocycles. The Hall–Kier alpha value is -0.970. The third kappa shape index (κ3) is 3.28. The summed E-state index contributed by atoms with van der Waals surface area (Å²) in [6.45, 7) is 0.605. The van der Waals surface area contributed by atoms with Gasteiger partial charge in [-0.2, -0.15) is 9.35 Å². The number of hydroxylamine groups is 2. The van der Waals surface area contributed by atoms with Gasteiger partial charge < -0.3 is 9.45 Å². The molecule has 21 heavy (non-hydrogen) atoms. The van der Waals surface area contributed by atoms with Crippen LogP contribution in [0.3, 0.4) is 0 Å². The molecule has 106 valence electrons. The molecule has 2 bridgehead atoms. The van der Waals surface area contributed by atoms with Gasteiger partial charge in [0.1, 0.15) is 6.04 Å². The number of rotatable bonds is 3. The summed E-state index contributed by atoms with van der Waals surface area (Å²) >= 11 is 0. The third-order valence-corrected chi connectivity index (χ3v) is 3.54. The number of hydrogen-bond acceptors (Lipinski definition) is 6. The van der Waals surface area contributed by atoms with Gasteiger partial charge in [0.25, 0.3) is 0 Å². The number of nitrogens with zero attached hydrogens (tertiary/aromatic N) is 3. The fourth-order valence-electron chi connectivity index (χ4n) is 2.38. The molecular weight excluding hydrogens is 309 g/mol. The number of pyridine rings is 1. The van der Waals surface area contributed by atoms with Crippen molar-refractivity contribution in [2.45, 2.75) is 6.04 Å². The molecule has 1 aromatic rings. The maximum Gasteiger partial charge on any atom is 1.00 e. The second-order valence-corrected chi connectivity index (χ2v) is 5.38. The molecule has 8 nitrogen and oxygen atoms in total. The number of urea groups is 1. The molecule has 0 spiro atoms. The van der Waals surface area contributed by atoms with E-state index in [4.69, 9.17) is 0 Å². The summed E-state index contributed by atoms with van der Waals surface area (Å²) in [5.74, 6) is 0. The maximum atomic E-state index is 11.9. The molecule has 1 aromatic heterocycles. The van der Waals surface area contributed by atoms with Gasteiger partial charge in [-0.15, -0.1) is 0 Å². The summed E-state index contributed by atoms with van der Waals surface area (Å²) in [7, 11) is -5.00. The zero-order valence-corrected chi connectivity index (χ0v) is 14.0. The van der Waals surface area contributed by atoms with Gasteiger partial charge in [0.2, 0.25) is 10.4 Å². The van der Waals surface area contributed by atoms with E-state index in [0.717, 1.165) is 5.56 Å². The third-order valence-electron chi connectivity index (χ3n) is 3.19. The van der Waals surface area contributed by atoms with Crippen molar-refractivity contribution in [3.63, 3.8) is 0 Å². The van der Waals surface area contributed by atoms with Crippen LogP contribution in [0.4, 0.5) is 4.79 Å². The number of carbonyl (C=O) groups excluding carboxylic acids is 1. The van der Waals surface area contributed by atoms with Gasteiger partial charge >= 0.3 is 35.6 Å². The summed E-state index contributed by atoms with van der Waals surface area (Å²) in [5, 5.41) is 0.619. The molecule has 0 N–H and O–H groups in total. The Morgan fingerprint density at radius 1 is 1.43 bits per heavy atom. The smallest absolute Gasteiger partial charge is 0.724 e. The Bertz CT molecular complexity index is 678. The van der Waals surface area contributed by atoms with Crippen LogP contribution in [-0.4, -0.2) is 53.1 Å². The second kappa shape index (κ2) is 6.03. The standard InChI is InChI=1S/C11H11N3O5S.Na/c15-11-13-5-3-9(8-2-1-4-12-6-8)10(7-13)14(11)19-20(16,17)18;/h1-4,6,10H,5,7H2,(H,16,17,18);/q;+1/p-1. The summed E-state index contributed by atoms with van der Waals surface area (Å²) < 4.78 is 36.5. The molecule has 2 aliphatic rings. The van der Waals surface area contributed by atoms with Gasteiger partial charge in [-0.05, 0) is 17.2 Å². The van der Waals surface area contributed by atoms with Crippen molar-refractivity contribution in [3.8, 4) is 0 Å². The maximum absolute atomic E-state index is 11.9. The number of hydrogen-bond donors (Lipinski definition) is 0. The summed E-state index contributed by atoms with van der Waals surface area (Å²) in [6, 6.07) is 2.25. The number of amides is 2. The van der Waals surface area contributed by atoms with Crippen molar-refractivity contribution in [3.05, 3.63) is 36.2 Å². The Labute approximate surface area is 143 Å². The minimum Gasteiger partial charge on any atom is -0.724 e. The van der Waals surface area contributed by atoms with Gasteiger partial charge in [0.15, 0.2) is 0 Å². The van der Waals surface area contributed by atoms with Gasteiger partial charge in [-0.3, -0.25) is 4.98 Å². The molecule has 3 heterocycles. The van der Waals surface area contributed by atoms with Crippen molar-refractivity contribution in [1.82, 2.24) is 14.9 Å². The number of aromatic nitrogens is 1. The largest absolute Gasteiger partial charge is 1.00 e. The predicted molar refractivity (Wildman–Crippen MR) is 65.6 cm³/mol. The van der Waals surface area contributed by atoms with Crippen LogP contribution in [0.1, 0.15) is 5.56 Å². The fourth-order valence-corrected chi connectivity index (χ4v) is 2.75. The van der Waals surface area contributed by atoms with E-state index in [2.05, 4.69) is 9.27 Å². The fraction of sp³-hybridized carbons (Fsp3) is 0.273.